The van der Waals surface area contributed by atoms with Crippen LogP contribution in [-0.4, -0.2) is 39.4 Å². The maximum Gasteiger partial charge on any atom is 0.453 e. The lowest BCUT2D eigenvalue weighted by Gasteiger charge is -2.48. The summed E-state index contributed by atoms with van der Waals surface area (Å²) in [6.07, 6.45) is -4.31. The number of aromatic nitrogens is 4. The molecule has 12 heteroatoms. The molecule has 0 spiro atoms. The van der Waals surface area contributed by atoms with Gasteiger partial charge in [0.15, 0.2) is 5.72 Å². The Kier molecular flexibility index (Phi) is 10.7. The molecule has 1 aromatic heterocycles. The summed E-state index contributed by atoms with van der Waals surface area (Å²) in [7, 11) is 0. The Morgan fingerprint density at radius 3 is 2.33 bits per heavy atom. The molecule has 1 unspecified atom stereocenters. The molecule has 0 aliphatic carbocycles. The van der Waals surface area contributed by atoms with Crippen molar-refractivity contribution in [2.75, 3.05) is 13.2 Å². The van der Waals surface area contributed by atoms with Gasteiger partial charge in [0, 0.05) is 18.7 Å². The average molecular weight is 547 g/mol. The summed E-state index contributed by atoms with van der Waals surface area (Å²) in [5, 5.41) is 17.2. The van der Waals surface area contributed by atoms with E-state index in [1.165, 1.54) is 0 Å². The third-order valence-corrected chi connectivity index (χ3v) is 5.93. The molecule has 0 saturated carbocycles. The van der Waals surface area contributed by atoms with Gasteiger partial charge in [-0.15, -0.1) is 29.9 Å². The van der Waals surface area contributed by atoms with Crippen LogP contribution in [-0.2, 0) is 23.2 Å². The predicted octanol–water partition coefficient (Wildman–Crippen LogP) is 4.75. The highest BCUT2D eigenvalue weighted by atomic mass is 35.5. The molecule has 2 aromatic carbocycles. The number of tetrazole rings is 1. The van der Waals surface area contributed by atoms with Gasteiger partial charge in [-0.3, -0.25) is 5.32 Å². The van der Waals surface area contributed by atoms with Crippen molar-refractivity contribution in [2.45, 2.75) is 50.8 Å². The Morgan fingerprint density at radius 2 is 1.72 bits per heavy atom. The standard InChI is InChI=1S/C24H29F3N6O.2ClH/c1-17(2)16-34-23(19-11-7-4-8-12-19)21(28-14-18-9-5-3-6-10-18)13-20(15-29-23)33-22(24(25,26)27)30-31-32-33;;/h3-12,17,20-21,28-29H,13-16H2,1-2H3;2*1H/t20?,21-,23-;;/m0../s1. The van der Waals surface area contributed by atoms with Crippen LogP contribution >= 0.6 is 24.8 Å². The lowest BCUT2D eigenvalue weighted by Crippen LogP contribution is -2.64. The number of benzene rings is 2. The molecule has 2 heterocycles. The summed E-state index contributed by atoms with van der Waals surface area (Å²) in [6.45, 7) is 5.35. The zero-order valence-electron chi connectivity index (χ0n) is 20.0. The van der Waals surface area contributed by atoms with E-state index in [1.54, 1.807) is 0 Å². The van der Waals surface area contributed by atoms with Gasteiger partial charge < -0.3 is 10.1 Å². The smallest absolute Gasteiger partial charge is 0.354 e. The molecule has 3 atom stereocenters. The van der Waals surface area contributed by atoms with Gasteiger partial charge in [-0.2, -0.15) is 13.2 Å². The fraction of sp³-hybridized carbons (Fsp3) is 0.458. The van der Waals surface area contributed by atoms with Gasteiger partial charge in [0.05, 0.1) is 18.7 Å². The van der Waals surface area contributed by atoms with Crippen LogP contribution in [0.4, 0.5) is 13.2 Å². The predicted molar refractivity (Wildman–Crippen MR) is 135 cm³/mol. The third-order valence-electron chi connectivity index (χ3n) is 5.93. The van der Waals surface area contributed by atoms with Crippen LogP contribution in [0.25, 0.3) is 0 Å². The Bertz CT molecular complexity index is 1050. The van der Waals surface area contributed by atoms with Crippen LogP contribution in [0.3, 0.4) is 0 Å². The number of ether oxygens (including phenoxy) is 1. The number of halogens is 5. The summed E-state index contributed by atoms with van der Waals surface area (Å²) in [5.41, 5.74) is 1.05. The molecule has 0 radical (unpaired) electrons. The van der Waals surface area contributed by atoms with Gasteiger partial charge in [0.1, 0.15) is 0 Å². The largest absolute Gasteiger partial charge is 0.453 e. The highest BCUT2D eigenvalue weighted by Crippen LogP contribution is 2.38. The normalized spacial score (nSPS) is 22.1. The second kappa shape index (κ2) is 12.8. The minimum absolute atomic E-state index is 0. The van der Waals surface area contributed by atoms with E-state index in [0.29, 0.717) is 19.6 Å². The van der Waals surface area contributed by atoms with Crippen LogP contribution in [0.1, 0.15) is 43.3 Å². The Balaban J connectivity index is 0.00000228. The van der Waals surface area contributed by atoms with E-state index in [2.05, 4.69) is 40.0 Å². The summed E-state index contributed by atoms with van der Waals surface area (Å²) in [5.74, 6) is -0.831. The first-order valence-electron chi connectivity index (χ1n) is 11.4. The van der Waals surface area contributed by atoms with Crippen molar-refractivity contribution in [2.24, 2.45) is 5.92 Å². The van der Waals surface area contributed by atoms with Gasteiger partial charge in [-0.25, -0.2) is 4.68 Å². The number of hydrogen-bond acceptors (Lipinski definition) is 6. The van der Waals surface area contributed by atoms with Gasteiger partial charge >= 0.3 is 6.18 Å². The SMILES string of the molecule is CC(C)CO[C@]1(c2ccccc2)NCC(n2nnnc2C(F)(F)F)C[C@@H]1NCc1ccccc1.Cl.Cl. The average Bonchev–Trinajstić information content (AvgIpc) is 3.34. The Morgan fingerprint density at radius 1 is 1.08 bits per heavy atom. The fourth-order valence-corrected chi connectivity index (χ4v) is 4.31. The minimum Gasteiger partial charge on any atom is -0.354 e. The number of piperidine rings is 1. The quantitative estimate of drug-likeness (QED) is 0.424. The number of alkyl halides is 3. The molecule has 4 rings (SSSR count). The van der Waals surface area contributed by atoms with Crippen molar-refractivity contribution in [3.8, 4) is 0 Å². The van der Waals surface area contributed by atoms with Gasteiger partial charge in [-0.05, 0) is 28.3 Å². The van der Waals surface area contributed by atoms with Crippen molar-refractivity contribution in [3.05, 3.63) is 77.6 Å². The first-order chi connectivity index (χ1) is 16.3. The van der Waals surface area contributed by atoms with Gasteiger partial charge in [0.25, 0.3) is 5.82 Å². The summed E-state index contributed by atoms with van der Waals surface area (Å²) in [4.78, 5) is 0. The van der Waals surface area contributed by atoms with Crippen molar-refractivity contribution in [3.63, 3.8) is 0 Å². The number of nitrogens with zero attached hydrogens (tertiary/aromatic N) is 4. The molecular formula is C24H31Cl2F3N6O. The number of hydrogen-bond donors (Lipinski definition) is 2. The Labute approximate surface area is 221 Å². The lowest BCUT2D eigenvalue weighted by atomic mass is 9.85. The van der Waals surface area contributed by atoms with E-state index < -0.39 is 23.8 Å². The van der Waals surface area contributed by atoms with Gasteiger partial charge in [0.2, 0.25) is 0 Å². The summed E-state index contributed by atoms with van der Waals surface area (Å²) >= 11 is 0. The molecule has 1 aliphatic heterocycles. The minimum atomic E-state index is -4.64. The second-order valence-corrected chi connectivity index (χ2v) is 8.94. The highest BCUT2D eigenvalue weighted by Gasteiger charge is 2.48. The first-order valence-corrected chi connectivity index (χ1v) is 11.4. The van der Waals surface area contributed by atoms with Crippen LogP contribution in [0.5, 0.6) is 0 Å². The molecule has 1 fully saturated rings. The van der Waals surface area contributed by atoms with Crippen molar-refractivity contribution < 1.29 is 17.9 Å². The Hall–Kier alpha value is -2.24. The summed E-state index contributed by atoms with van der Waals surface area (Å²) in [6, 6.07) is 18.6. The van der Waals surface area contributed by atoms with E-state index in [0.717, 1.165) is 15.8 Å². The summed E-state index contributed by atoms with van der Waals surface area (Å²) < 4.78 is 47.9. The highest BCUT2D eigenvalue weighted by molar-refractivity contribution is 5.85. The molecule has 2 N–H and O–H groups in total. The topological polar surface area (TPSA) is 76.9 Å². The molecule has 0 bridgehead atoms. The molecule has 3 aromatic rings. The maximum absolute atomic E-state index is 13.5. The monoisotopic (exact) mass is 546 g/mol. The third kappa shape index (κ3) is 6.74. The molecular weight excluding hydrogens is 516 g/mol. The lowest BCUT2D eigenvalue weighted by molar-refractivity contribution is -0.152. The van der Waals surface area contributed by atoms with Crippen molar-refractivity contribution in [1.82, 2.24) is 30.8 Å². The molecule has 1 saturated heterocycles. The van der Waals surface area contributed by atoms with Crippen LogP contribution in [0, 0.1) is 5.92 Å². The number of nitrogens with one attached hydrogen (secondary N) is 2. The van der Waals surface area contributed by atoms with E-state index in [4.69, 9.17) is 4.74 Å². The number of rotatable bonds is 8. The van der Waals surface area contributed by atoms with Crippen molar-refractivity contribution >= 4 is 24.8 Å². The molecule has 0 amide bonds. The zero-order valence-corrected chi connectivity index (χ0v) is 21.6. The zero-order chi connectivity index (χ0) is 24.2. The van der Waals surface area contributed by atoms with E-state index in [9.17, 15) is 13.2 Å². The van der Waals surface area contributed by atoms with Crippen LogP contribution in [0.15, 0.2) is 60.7 Å². The molecule has 198 valence electrons. The fourth-order valence-electron chi connectivity index (χ4n) is 4.31. The molecule has 36 heavy (non-hydrogen) atoms. The maximum atomic E-state index is 13.5. The van der Waals surface area contributed by atoms with Crippen LogP contribution in [0.2, 0.25) is 0 Å². The van der Waals surface area contributed by atoms with E-state index in [1.807, 2.05) is 60.7 Å². The van der Waals surface area contributed by atoms with E-state index in [-0.39, 0.29) is 43.3 Å². The van der Waals surface area contributed by atoms with E-state index >= 15 is 0 Å². The van der Waals surface area contributed by atoms with Gasteiger partial charge in [-0.1, -0.05) is 74.5 Å². The second-order valence-electron chi connectivity index (χ2n) is 8.94. The van der Waals surface area contributed by atoms with Crippen molar-refractivity contribution in [1.29, 1.82) is 0 Å². The molecule has 1 aliphatic rings. The van der Waals surface area contributed by atoms with Crippen LogP contribution < -0.4 is 10.6 Å². The molecule has 7 nitrogen and oxygen atoms in total. The first kappa shape index (κ1) is 30.0.